The Morgan fingerprint density at radius 3 is 2.88 bits per heavy atom. The molecule has 1 amide bonds. The Balaban J connectivity index is 1.83. The molecule has 0 spiro atoms. The summed E-state index contributed by atoms with van der Waals surface area (Å²) in [6, 6.07) is 7.88. The first-order valence-corrected chi connectivity index (χ1v) is 8.08. The van der Waals surface area contributed by atoms with Gasteiger partial charge in [-0.2, -0.15) is 5.10 Å². The van der Waals surface area contributed by atoms with Crippen LogP contribution in [-0.2, 0) is 16.1 Å². The van der Waals surface area contributed by atoms with Crippen LogP contribution in [0.15, 0.2) is 35.6 Å². The predicted octanol–water partition coefficient (Wildman–Crippen LogP) is 0.667. The number of hydrazone groups is 1. The Hall–Kier alpha value is -2.45. The van der Waals surface area contributed by atoms with Crippen molar-refractivity contribution in [2.45, 2.75) is 6.54 Å². The fourth-order valence-electron chi connectivity index (χ4n) is 2.73. The summed E-state index contributed by atoms with van der Waals surface area (Å²) in [6.07, 6.45) is 3.56. The van der Waals surface area contributed by atoms with E-state index in [0.29, 0.717) is 26.3 Å². The number of thiocarbonyl (C=S) groups is 1. The van der Waals surface area contributed by atoms with E-state index < -0.39 is 0 Å². The highest BCUT2D eigenvalue weighted by Crippen LogP contribution is 2.20. The third-order valence-electron chi connectivity index (χ3n) is 3.87. The molecule has 3 rings (SSSR count). The molecule has 24 heavy (non-hydrogen) atoms. The monoisotopic (exact) mass is 345 g/mol. The topological polar surface area (TPSA) is 84.9 Å². The van der Waals surface area contributed by atoms with E-state index in [0.717, 1.165) is 16.5 Å². The normalized spacial score (nSPS) is 15.1. The van der Waals surface area contributed by atoms with Crippen molar-refractivity contribution in [3.63, 3.8) is 0 Å². The van der Waals surface area contributed by atoms with Crippen molar-refractivity contribution in [2.75, 3.05) is 26.3 Å². The van der Waals surface area contributed by atoms with Gasteiger partial charge in [0, 0.05) is 35.8 Å². The average Bonchev–Trinajstić information content (AvgIpc) is 2.93. The van der Waals surface area contributed by atoms with Crippen molar-refractivity contribution in [3.05, 3.63) is 36.0 Å². The molecule has 0 atom stereocenters. The average molecular weight is 345 g/mol. The van der Waals surface area contributed by atoms with Crippen LogP contribution >= 0.6 is 12.2 Å². The second kappa shape index (κ2) is 7.41. The second-order valence-corrected chi connectivity index (χ2v) is 5.90. The summed E-state index contributed by atoms with van der Waals surface area (Å²) in [5.74, 6) is 0.0869. The van der Waals surface area contributed by atoms with Gasteiger partial charge in [0.2, 0.25) is 5.91 Å². The zero-order valence-electron chi connectivity index (χ0n) is 13.1. The maximum atomic E-state index is 12.5. The number of nitrogens with zero attached hydrogens (tertiary/aromatic N) is 3. The summed E-state index contributed by atoms with van der Waals surface area (Å²) in [5.41, 5.74) is 9.78. The standard InChI is InChI=1S/C16H19N5O2S/c17-16(24)19-18-9-12-10-21(14-4-2-1-3-13(12)14)11-15(22)20-5-7-23-8-6-20/h1-4,9-10H,5-8,11H2,(H3,17,19,24)/b18-9-. The summed E-state index contributed by atoms with van der Waals surface area (Å²) >= 11 is 4.73. The Morgan fingerprint density at radius 1 is 1.38 bits per heavy atom. The van der Waals surface area contributed by atoms with Crippen LogP contribution in [-0.4, -0.2) is 53.0 Å². The van der Waals surface area contributed by atoms with E-state index in [2.05, 4.69) is 10.5 Å². The molecule has 0 bridgehead atoms. The van der Waals surface area contributed by atoms with Crippen LogP contribution in [0.1, 0.15) is 5.56 Å². The molecule has 7 nitrogen and oxygen atoms in total. The molecule has 0 radical (unpaired) electrons. The number of nitrogens with two attached hydrogens (primary N) is 1. The van der Waals surface area contributed by atoms with Gasteiger partial charge in [0.1, 0.15) is 6.54 Å². The number of para-hydroxylation sites is 1. The van der Waals surface area contributed by atoms with Gasteiger partial charge in [0.05, 0.1) is 19.4 Å². The number of fused-ring (bicyclic) bond motifs is 1. The van der Waals surface area contributed by atoms with Crippen LogP contribution in [0.4, 0.5) is 0 Å². The fraction of sp³-hybridized carbons (Fsp3) is 0.312. The smallest absolute Gasteiger partial charge is 0.242 e. The highest BCUT2D eigenvalue weighted by molar-refractivity contribution is 7.80. The van der Waals surface area contributed by atoms with Gasteiger partial charge in [0.25, 0.3) is 0 Å². The molecule has 1 aliphatic rings. The Bertz CT molecular complexity index is 780. The van der Waals surface area contributed by atoms with Crippen LogP contribution in [0.3, 0.4) is 0 Å². The molecule has 2 aromatic rings. The zero-order valence-corrected chi connectivity index (χ0v) is 14.0. The zero-order chi connectivity index (χ0) is 16.9. The quantitative estimate of drug-likeness (QED) is 0.483. The molecule has 3 N–H and O–H groups in total. The number of nitrogens with one attached hydrogen (secondary N) is 1. The van der Waals surface area contributed by atoms with E-state index in [-0.39, 0.29) is 17.6 Å². The SMILES string of the molecule is NC(=S)N/N=C\c1cn(CC(=O)N2CCOCC2)c2ccccc12. The molecule has 1 aromatic heterocycles. The fourth-order valence-corrected chi connectivity index (χ4v) is 2.79. The number of rotatable bonds is 4. The van der Waals surface area contributed by atoms with Gasteiger partial charge in [-0.25, -0.2) is 0 Å². The largest absolute Gasteiger partial charge is 0.378 e. The highest BCUT2D eigenvalue weighted by Gasteiger charge is 2.18. The van der Waals surface area contributed by atoms with Gasteiger partial charge in [-0.3, -0.25) is 10.2 Å². The summed E-state index contributed by atoms with van der Waals surface area (Å²) in [7, 11) is 0. The van der Waals surface area contributed by atoms with Gasteiger partial charge in [-0.15, -0.1) is 0 Å². The van der Waals surface area contributed by atoms with Crippen molar-refractivity contribution < 1.29 is 9.53 Å². The van der Waals surface area contributed by atoms with Gasteiger partial charge >= 0.3 is 0 Å². The lowest BCUT2D eigenvalue weighted by Gasteiger charge is -2.27. The van der Waals surface area contributed by atoms with E-state index in [1.165, 1.54) is 0 Å². The lowest BCUT2D eigenvalue weighted by atomic mass is 10.2. The molecule has 0 aliphatic carbocycles. The van der Waals surface area contributed by atoms with Crippen LogP contribution in [0, 0.1) is 0 Å². The number of amides is 1. The van der Waals surface area contributed by atoms with Gasteiger partial charge in [-0.1, -0.05) is 18.2 Å². The number of benzene rings is 1. The molecular weight excluding hydrogens is 326 g/mol. The minimum absolute atomic E-state index is 0.0869. The van der Waals surface area contributed by atoms with Crippen molar-refractivity contribution in [1.82, 2.24) is 14.9 Å². The van der Waals surface area contributed by atoms with Gasteiger partial charge in [0.15, 0.2) is 5.11 Å². The first-order chi connectivity index (χ1) is 11.6. The molecule has 1 aliphatic heterocycles. The van der Waals surface area contributed by atoms with Crippen molar-refractivity contribution in [3.8, 4) is 0 Å². The number of carbonyl (C=O) groups is 1. The first-order valence-electron chi connectivity index (χ1n) is 7.67. The third-order valence-corrected chi connectivity index (χ3v) is 3.96. The number of ether oxygens (including phenoxy) is 1. The molecule has 0 unspecified atom stereocenters. The van der Waals surface area contributed by atoms with Crippen LogP contribution in [0.5, 0.6) is 0 Å². The van der Waals surface area contributed by atoms with Crippen molar-refractivity contribution in [1.29, 1.82) is 0 Å². The van der Waals surface area contributed by atoms with Crippen molar-refractivity contribution >= 4 is 40.4 Å². The first kappa shape index (κ1) is 16.4. The Morgan fingerprint density at radius 2 is 2.12 bits per heavy atom. The maximum Gasteiger partial charge on any atom is 0.242 e. The van der Waals surface area contributed by atoms with Crippen LogP contribution in [0.2, 0.25) is 0 Å². The summed E-state index contributed by atoms with van der Waals surface area (Å²) in [5, 5.41) is 5.13. The van der Waals surface area contributed by atoms with Crippen LogP contribution < -0.4 is 11.2 Å². The minimum atomic E-state index is 0.0869. The number of aromatic nitrogens is 1. The Kier molecular flexibility index (Phi) is 5.07. The lowest BCUT2D eigenvalue weighted by molar-refractivity contribution is -0.135. The Labute approximate surface area is 145 Å². The number of hydrogen-bond acceptors (Lipinski definition) is 4. The number of morpholine rings is 1. The lowest BCUT2D eigenvalue weighted by Crippen LogP contribution is -2.42. The second-order valence-electron chi connectivity index (χ2n) is 5.46. The maximum absolute atomic E-state index is 12.5. The van der Waals surface area contributed by atoms with E-state index >= 15 is 0 Å². The summed E-state index contributed by atoms with van der Waals surface area (Å²) in [6.45, 7) is 2.77. The predicted molar refractivity (Wildman–Crippen MR) is 96.9 cm³/mol. The van der Waals surface area contributed by atoms with E-state index in [9.17, 15) is 4.79 Å². The van der Waals surface area contributed by atoms with Gasteiger partial charge < -0.3 is 19.9 Å². The molecular formula is C16H19N5O2S. The van der Waals surface area contributed by atoms with Crippen molar-refractivity contribution in [2.24, 2.45) is 10.8 Å². The minimum Gasteiger partial charge on any atom is -0.378 e. The molecule has 1 aromatic carbocycles. The molecule has 126 valence electrons. The van der Waals surface area contributed by atoms with E-state index in [4.69, 9.17) is 22.7 Å². The number of carbonyl (C=O) groups excluding carboxylic acids is 1. The van der Waals surface area contributed by atoms with E-state index in [1.807, 2.05) is 39.9 Å². The molecule has 1 fully saturated rings. The van der Waals surface area contributed by atoms with Crippen LogP contribution in [0.25, 0.3) is 10.9 Å². The van der Waals surface area contributed by atoms with E-state index in [1.54, 1.807) is 6.21 Å². The van der Waals surface area contributed by atoms with Gasteiger partial charge in [-0.05, 0) is 18.3 Å². The highest BCUT2D eigenvalue weighted by atomic mass is 32.1. The molecule has 8 heteroatoms. The molecule has 2 heterocycles. The molecule has 1 saturated heterocycles. The molecule has 0 saturated carbocycles. The summed E-state index contributed by atoms with van der Waals surface area (Å²) < 4.78 is 7.23. The summed E-state index contributed by atoms with van der Waals surface area (Å²) in [4.78, 5) is 14.3. The third kappa shape index (κ3) is 3.72. The number of hydrogen-bond donors (Lipinski definition) is 2.